The molecule has 0 fully saturated rings. The number of hydrogen-bond donors (Lipinski definition) is 1. The highest BCUT2D eigenvalue weighted by Crippen LogP contribution is 2.13. The van der Waals surface area contributed by atoms with Crippen LogP contribution in [0.2, 0.25) is 0 Å². The first-order valence-corrected chi connectivity index (χ1v) is 5.52. The first kappa shape index (κ1) is 11.5. The van der Waals surface area contributed by atoms with Crippen LogP contribution in [0.5, 0.6) is 0 Å². The number of carbonyl (C=O) groups is 1. The van der Waals surface area contributed by atoms with E-state index in [1.165, 1.54) is 5.56 Å². The largest absolute Gasteiger partial charge is 0.477 e. The van der Waals surface area contributed by atoms with Gasteiger partial charge < -0.3 is 9.67 Å². The maximum absolute atomic E-state index is 11.1. The molecule has 1 N–H and O–H groups in total. The summed E-state index contributed by atoms with van der Waals surface area (Å²) in [6.45, 7) is 4.44. The van der Waals surface area contributed by atoms with E-state index in [-0.39, 0.29) is 0 Å². The Morgan fingerprint density at radius 2 is 1.82 bits per heavy atom. The van der Waals surface area contributed by atoms with Crippen molar-refractivity contribution < 1.29 is 9.90 Å². The molecule has 1 aromatic carbocycles. The third kappa shape index (κ3) is 2.38. The fourth-order valence-corrected chi connectivity index (χ4v) is 1.90. The summed E-state index contributed by atoms with van der Waals surface area (Å²) in [7, 11) is 0. The minimum atomic E-state index is -0.875. The second kappa shape index (κ2) is 4.45. The number of hydrogen-bond acceptors (Lipinski definition) is 1. The summed E-state index contributed by atoms with van der Waals surface area (Å²) in [5.41, 5.74) is 3.47. The first-order valence-electron chi connectivity index (χ1n) is 5.52. The Balaban J connectivity index is 2.30. The molecule has 0 amide bonds. The maximum atomic E-state index is 11.1. The predicted molar refractivity (Wildman–Crippen MR) is 66.4 cm³/mol. The van der Waals surface area contributed by atoms with Crippen LogP contribution in [0.4, 0.5) is 0 Å². The smallest absolute Gasteiger partial charge is 0.352 e. The Hall–Kier alpha value is -2.03. The lowest BCUT2D eigenvalue weighted by atomic mass is 10.1. The number of aromatic nitrogens is 1. The van der Waals surface area contributed by atoms with Crippen molar-refractivity contribution in [2.75, 3.05) is 0 Å². The molecule has 17 heavy (non-hydrogen) atoms. The van der Waals surface area contributed by atoms with Gasteiger partial charge in [-0.2, -0.15) is 0 Å². The number of aromatic carboxylic acids is 1. The summed E-state index contributed by atoms with van der Waals surface area (Å²) in [5, 5.41) is 9.14. The van der Waals surface area contributed by atoms with Crippen molar-refractivity contribution >= 4 is 5.97 Å². The van der Waals surface area contributed by atoms with E-state index in [1.54, 1.807) is 4.57 Å². The SMILES string of the molecule is Cc1ccc(Cn2ccc(C)c2C(=O)O)cc1. The summed E-state index contributed by atoms with van der Waals surface area (Å²) in [4.78, 5) is 11.1. The lowest BCUT2D eigenvalue weighted by molar-refractivity contribution is 0.0685. The summed E-state index contributed by atoms with van der Waals surface area (Å²) in [6.07, 6.45) is 1.82. The van der Waals surface area contributed by atoms with Crippen LogP contribution < -0.4 is 0 Å². The second-order valence-corrected chi connectivity index (χ2v) is 4.27. The molecule has 0 atom stereocenters. The molecule has 88 valence electrons. The molecule has 1 heterocycles. The van der Waals surface area contributed by atoms with Gasteiger partial charge >= 0.3 is 5.97 Å². The van der Waals surface area contributed by atoms with Crippen LogP contribution in [-0.4, -0.2) is 15.6 Å². The van der Waals surface area contributed by atoms with E-state index < -0.39 is 5.97 Å². The minimum Gasteiger partial charge on any atom is -0.477 e. The standard InChI is InChI=1S/C14H15NO2/c1-10-3-5-12(6-4-10)9-15-8-7-11(2)13(15)14(16)17/h3-8H,9H2,1-2H3,(H,16,17). The Morgan fingerprint density at radius 3 is 2.41 bits per heavy atom. The normalized spacial score (nSPS) is 10.5. The van der Waals surface area contributed by atoms with Crippen LogP contribution in [0.15, 0.2) is 36.5 Å². The van der Waals surface area contributed by atoms with E-state index in [2.05, 4.69) is 0 Å². The molecule has 0 saturated carbocycles. The molecule has 2 rings (SSSR count). The molecule has 0 unspecified atom stereocenters. The fraction of sp³-hybridized carbons (Fsp3) is 0.214. The zero-order chi connectivity index (χ0) is 12.4. The molecule has 3 nitrogen and oxygen atoms in total. The number of benzene rings is 1. The van der Waals surface area contributed by atoms with E-state index in [0.29, 0.717) is 12.2 Å². The summed E-state index contributed by atoms with van der Waals surface area (Å²) >= 11 is 0. The van der Waals surface area contributed by atoms with Gasteiger partial charge in [-0.05, 0) is 31.0 Å². The Kier molecular flexibility index (Phi) is 3.00. The summed E-state index contributed by atoms with van der Waals surface area (Å²) in [6, 6.07) is 9.95. The zero-order valence-corrected chi connectivity index (χ0v) is 9.97. The highest BCUT2D eigenvalue weighted by atomic mass is 16.4. The second-order valence-electron chi connectivity index (χ2n) is 4.27. The van der Waals surface area contributed by atoms with E-state index >= 15 is 0 Å². The lowest BCUT2D eigenvalue weighted by Gasteiger charge is -2.07. The molecule has 3 heteroatoms. The molecule has 1 aromatic heterocycles. The van der Waals surface area contributed by atoms with E-state index in [9.17, 15) is 4.79 Å². The van der Waals surface area contributed by atoms with Gasteiger partial charge in [0.2, 0.25) is 0 Å². The summed E-state index contributed by atoms with van der Waals surface area (Å²) in [5.74, 6) is -0.875. The van der Waals surface area contributed by atoms with Gasteiger partial charge in [0.15, 0.2) is 0 Å². The third-order valence-electron chi connectivity index (χ3n) is 2.84. The Morgan fingerprint density at radius 1 is 1.18 bits per heavy atom. The molecule has 0 aliphatic carbocycles. The van der Waals surface area contributed by atoms with Gasteiger partial charge in [0, 0.05) is 12.7 Å². The van der Waals surface area contributed by atoms with E-state index in [0.717, 1.165) is 11.1 Å². The number of carboxylic acid groups (broad SMARTS) is 1. The van der Waals surface area contributed by atoms with Gasteiger partial charge in [0.25, 0.3) is 0 Å². The zero-order valence-electron chi connectivity index (χ0n) is 9.97. The van der Waals surface area contributed by atoms with Crippen LogP contribution in [0.1, 0.15) is 27.2 Å². The number of nitrogens with zero attached hydrogens (tertiary/aromatic N) is 1. The van der Waals surface area contributed by atoms with Gasteiger partial charge in [-0.15, -0.1) is 0 Å². The topological polar surface area (TPSA) is 42.2 Å². The van der Waals surface area contributed by atoms with Crippen molar-refractivity contribution in [2.24, 2.45) is 0 Å². The number of carboxylic acids is 1. The molecule has 2 aromatic rings. The average Bonchev–Trinajstić information content (AvgIpc) is 2.63. The van der Waals surface area contributed by atoms with Crippen molar-refractivity contribution in [2.45, 2.75) is 20.4 Å². The number of rotatable bonds is 3. The van der Waals surface area contributed by atoms with Gasteiger partial charge in [-0.1, -0.05) is 29.8 Å². The van der Waals surface area contributed by atoms with E-state index in [1.807, 2.05) is 50.4 Å². The summed E-state index contributed by atoms with van der Waals surface area (Å²) < 4.78 is 1.77. The van der Waals surface area contributed by atoms with Gasteiger partial charge in [-0.3, -0.25) is 0 Å². The van der Waals surface area contributed by atoms with Crippen molar-refractivity contribution in [3.63, 3.8) is 0 Å². The van der Waals surface area contributed by atoms with Crippen molar-refractivity contribution in [3.05, 3.63) is 58.9 Å². The van der Waals surface area contributed by atoms with Crippen LogP contribution in [0, 0.1) is 13.8 Å². The van der Waals surface area contributed by atoms with Gasteiger partial charge in [0.05, 0.1) is 0 Å². The average molecular weight is 229 g/mol. The molecular weight excluding hydrogens is 214 g/mol. The highest BCUT2D eigenvalue weighted by Gasteiger charge is 2.12. The van der Waals surface area contributed by atoms with Crippen molar-refractivity contribution in [3.8, 4) is 0 Å². The Labute approximate surface area is 100 Å². The molecule has 0 bridgehead atoms. The molecular formula is C14H15NO2. The first-order chi connectivity index (χ1) is 8.08. The molecule has 0 saturated heterocycles. The fourth-order valence-electron chi connectivity index (χ4n) is 1.90. The van der Waals surface area contributed by atoms with Crippen LogP contribution in [0.25, 0.3) is 0 Å². The van der Waals surface area contributed by atoms with Crippen molar-refractivity contribution in [1.82, 2.24) is 4.57 Å². The minimum absolute atomic E-state index is 0.366. The van der Waals surface area contributed by atoms with Crippen LogP contribution in [0.3, 0.4) is 0 Å². The third-order valence-corrected chi connectivity index (χ3v) is 2.84. The predicted octanol–water partition coefficient (Wildman–Crippen LogP) is 2.85. The molecule has 0 spiro atoms. The quantitative estimate of drug-likeness (QED) is 0.879. The van der Waals surface area contributed by atoms with Gasteiger partial charge in [0.1, 0.15) is 5.69 Å². The molecule has 0 aliphatic heterocycles. The van der Waals surface area contributed by atoms with Gasteiger partial charge in [-0.25, -0.2) is 4.79 Å². The van der Waals surface area contributed by atoms with E-state index in [4.69, 9.17) is 5.11 Å². The highest BCUT2D eigenvalue weighted by molar-refractivity contribution is 5.87. The number of aryl methyl sites for hydroxylation is 2. The molecule has 0 radical (unpaired) electrons. The maximum Gasteiger partial charge on any atom is 0.352 e. The monoisotopic (exact) mass is 229 g/mol. The van der Waals surface area contributed by atoms with Crippen molar-refractivity contribution in [1.29, 1.82) is 0 Å². The Bertz CT molecular complexity index is 538. The van der Waals surface area contributed by atoms with Crippen LogP contribution >= 0.6 is 0 Å². The lowest BCUT2D eigenvalue weighted by Crippen LogP contribution is -2.09. The van der Waals surface area contributed by atoms with Crippen LogP contribution in [-0.2, 0) is 6.54 Å². The molecule has 0 aliphatic rings.